The molecule has 0 heterocycles. The van der Waals surface area contributed by atoms with Crippen molar-refractivity contribution in [3.8, 4) is 0 Å². The molecule has 56 valence electrons. The number of halogens is 4. The van der Waals surface area contributed by atoms with Gasteiger partial charge in [-0.3, -0.25) is 4.39 Å². The van der Waals surface area contributed by atoms with Crippen molar-refractivity contribution < 1.29 is 20.7 Å². The van der Waals surface area contributed by atoms with Gasteiger partial charge in [0.05, 0.1) is 0 Å². The average molecular weight is 309 g/mol. The topological polar surface area (TPSA) is 0 Å². The van der Waals surface area contributed by atoms with Crippen LogP contribution in [0.4, 0.5) is 4.39 Å². The summed E-state index contributed by atoms with van der Waals surface area (Å²) in [6.07, 6.45) is 0. The molecule has 0 fully saturated rings. The van der Waals surface area contributed by atoms with E-state index in [0.717, 1.165) is 6.07 Å². The van der Waals surface area contributed by atoms with Gasteiger partial charge in [0.2, 0.25) is 0 Å². The molecule has 0 N–H and O–H groups in total. The summed E-state index contributed by atoms with van der Waals surface area (Å²) in [6.45, 7) is 0. The van der Waals surface area contributed by atoms with E-state index in [2.05, 4.69) is 19.7 Å². The first kappa shape index (κ1) is 11.8. The van der Waals surface area contributed by atoms with Gasteiger partial charge in [0.1, 0.15) is 0 Å². The van der Waals surface area contributed by atoms with Crippen molar-refractivity contribution in [3.63, 3.8) is 0 Å². The molecule has 0 spiro atoms. The first-order chi connectivity index (χ1) is 5.20. The summed E-state index contributed by atoms with van der Waals surface area (Å²) < 4.78 is 12.3. The molecular weight excluding hydrogens is 307 g/mol. The van der Waals surface area contributed by atoms with E-state index in [1.165, 1.54) is 22.4 Å². The molecule has 0 nitrogen and oxygen atoms in total. The standard InChI is InChI=1S/C6H2Cl2F.BrH.Zn/c7-4-1-2-5(8)6(9)3-4;;/h1,3H;1H;/q-1;;+2/p-1. The van der Waals surface area contributed by atoms with E-state index in [9.17, 15) is 4.39 Å². The molecule has 1 aromatic carbocycles. The molecule has 0 saturated heterocycles. The van der Waals surface area contributed by atoms with Gasteiger partial charge in [0.15, 0.2) is 0 Å². The first-order valence-electron chi connectivity index (χ1n) is 2.49. The normalized spacial score (nSPS) is 8.55. The van der Waals surface area contributed by atoms with E-state index in [4.69, 9.17) is 23.2 Å². The monoisotopic (exact) mass is 306 g/mol. The Morgan fingerprint density at radius 3 is 2.36 bits per heavy atom. The molecule has 1 aromatic rings. The van der Waals surface area contributed by atoms with E-state index in [1.54, 1.807) is 0 Å². The summed E-state index contributed by atoms with van der Waals surface area (Å²) in [5.41, 5.74) is 0. The summed E-state index contributed by atoms with van der Waals surface area (Å²) in [5, 5.41) is 0.274. The fraction of sp³-hybridized carbons (Fsp3) is 0. The SMILES string of the molecule is Fc1cc(Cl)c[c-]c1Cl.[Zn+][Br]. The second kappa shape index (κ2) is 6.36. The Labute approximate surface area is 91.1 Å². The molecule has 0 saturated carbocycles. The van der Waals surface area contributed by atoms with Crippen molar-refractivity contribution in [2.45, 2.75) is 0 Å². The summed E-state index contributed by atoms with van der Waals surface area (Å²) in [6, 6.07) is 4.98. The number of benzene rings is 1. The minimum atomic E-state index is -0.538. The zero-order valence-corrected chi connectivity index (χ0v) is 11.4. The predicted molar refractivity (Wildman–Crippen MR) is 44.2 cm³/mol. The Kier molecular flexibility index (Phi) is 6.84. The van der Waals surface area contributed by atoms with Crippen LogP contribution >= 0.6 is 36.8 Å². The molecule has 5 heteroatoms. The van der Waals surface area contributed by atoms with E-state index in [-0.39, 0.29) is 5.02 Å². The van der Waals surface area contributed by atoms with Crippen LogP contribution in [-0.4, -0.2) is 0 Å². The quantitative estimate of drug-likeness (QED) is 0.389. The van der Waals surface area contributed by atoms with Gasteiger partial charge in [-0.1, -0.05) is 5.02 Å². The summed E-state index contributed by atoms with van der Waals surface area (Å²) >= 11 is 14.9. The predicted octanol–water partition coefficient (Wildman–Crippen LogP) is 3.78. The van der Waals surface area contributed by atoms with Crippen molar-refractivity contribution in [1.29, 1.82) is 0 Å². The molecule has 0 amide bonds. The van der Waals surface area contributed by atoms with E-state index in [1.807, 2.05) is 0 Å². The third kappa shape index (κ3) is 4.42. The number of hydrogen-bond donors (Lipinski definition) is 0. The van der Waals surface area contributed by atoms with Gasteiger partial charge in [-0.15, -0.1) is 17.7 Å². The van der Waals surface area contributed by atoms with Crippen molar-refractivity contribution in [1.82, 2.24) is 0 Å². The second-order valence-electron chi connectivity index (χ2n) is 1.48. The fourth-order valence-electron chi connectivity index (χ4n) is 0.427. The van der Waals surface area contributed by atoms with Crippen molar-refractivity contribution >= 4 is 36.8 Å². The number of hydrogen-bond acceptors (Lipinski definition) is 0. The molecule has 0 unspecified atom stereocenters. The Balaban J connectivity index is 0.000000461. The third-order valence-corrected chi connectivity index (χ3v) is 1.32. The average Bonchev–Trinajstić information content (AvgIpc) is 2.02. The van der Waals surface area contributed by atoms with Crippen LogP contribution in [-0.2, 0) is 16.3 Å². The molecule has 1 rings (SSSR count). The Morgan fingerprint density at radius 1 is 1.45 bits per heavy atom. The van der Waals surface area contributed by atoms with Crippen LogP contribution < -0.4 is 0 Å². The molecule has 0 aliphatic heterocycles. The summed E-state index contributed by atoms with van der Waals surface area (Å²) in [7, 11) is 0. The second-order valence-corrected chi connectivity index (χ2v) is 2.29. The van der Waals surface area contributed by atoms with Gasteiger partial charge in [0.25, 0.3) is 0 Å². The van der Waals surface area contributed by atoms with Crippen molar-refractivity contribution in [2.75, 3.05) is 0 Å². The van der Waals surface area contributed by atoms with Gasteiger partial charge < -0.3 is 0 Å². The van der Waals surface area contributed by atoms with Gasteiger partial charge in [-0.25, -0.2) is 0 Å². The molecule has 0 bridgehead atoms. The fourth-order valence-corrected chi connectivity index (χ4v) is 0.687. The molecule has 0 aliphatic rings. The third-order valence-electron chi connectivity index (χ3n) is 0.811. The summed E-state index contributed by atoms with van der Waals surface area (Å²) in [4.78, 5) is 0. The van der Waals surface area contributed by atoms with E-state index < -0.39 is 5.82 Å². The van der Waals surface area contributed by atoms with Crippen molar-refractivity contribution in [3.05, 3.63) is 34.1 Å². The molecule has 0 aliphatic carbocycles. The zero-order valence-electron chi connectivity index (χ0n) is 5.37. The van der Waals surface area contributed by atoms with Crippen LogP contribution in [0.5, 0.6) is 0 Å². The van der Waals surface area contributed by atoms with E-state index in [0.29, 0.717) is 5.02 Å². The maximum absolute atomic E-state index is 12.3. The van der Waals surface area contributed by atoms with Gasteiger partial charge in [-0.05, 0) is 5.02 Å². The van der Waals surface area contributed by atoms with Crippen LogP contribution in [0.2, 0.25) is 10.0 Å². The summed E-state index contributed by atoms with van der Waals surface area (Å²) in [5.74, 6) is -0.538. The Bertz CT molecular complexity index is 232. The molecule has 0 radical (unpaired) electrons. The van der Waals surface area contributed by atoms with Gasteiger partial charge in [-0.2, -0.15) is 23.7 Å². The molecule has 0 aromatic heterocycles. The van der Waals surface area contributed by atoms with Crippen LogP contribution in [0, 0.1) is 11.9 Å². The van der Waals surface area contributed by atoms with Crippen LogP contribution in [0.25, 0.3) is 0 Å². The van der Waals surface area contributed by atoms with Crippen molar-refractivity contribution in [2.24, 2.45) is 0 Å². The minimum absolute atomic E-state index is 0.0283. The van der Waals surface area contributed by atoms with Crippen LogP contribution in [0.3, 0.4) is 0 Å². The van der Waals surface area contributed by atoms with Gasteiger partial charge in [0, 0.05) is 5.82 Å². The molecule has 0 atom stereocenters. The number of rotatable bonds is 0. The Morgan fingerprint density at radius 2 is 2.00 bits per heavy atom. The van der Waals surface area contributed by atoms with E-state index >= 15 is 0 Å². The Hall–Kier alpha value is 0.833. The molecule has 11 heavy (non-hydrogen) atoms. The van der Waals surface area contributed by atoms with Crippen LogP contribution in [0.1, 0.15) is 0 Å². The van der Waals surface area contributed by atoms with Gasteiger partial charge >= 0.3 is 30.0 Å². The maximum atomic E-state index is 12.3. The van der Waals surface area contributed by atoms with Crippen LogP contribution in [0.15, 0.2) is 12.1 Å². The zero-order chi connectivity index (χ0) is 8.85. The molecular formula is C6H2BrCl2FZn. The first-order valence-corrected chi connectivity index (χ1v) is 10.2.